The van der Waals surface area contributed by atoms with E-state index in [2.05, 4.69) is 26.9 Å². The van der Waals surface area contributed by atoms with Crippen LogP contribution in [0.4, 0.5) is 4.39 Å². The molecule has 6 heterocycles. The van der Waals surface area contributed by atoms with E-state index in [-0.39, 0.29) is 16.6 Å². The van der Waals surface area contributed by atoms with Gasteiger partial charge in [-0.05, 0) is 49.1 Å². The molecule has 1 saturated heterocycles. The Morgan fingerprint density at radius 3 is 2.84 bits per heavy atom. The molecule has 0 spiro atoms. The molecule has 0 bridgehead atoms. The van der Waals surface area contributed by atoms with Gasteiger partial charge < -0.3 is 14.3 Å². The molecule has 1 aliphatic rings. The zero-order valence-corrected chi connectivity index (χ0v) is 20.7. The lowest BCUT2D eigenvalue weighted by Crippen LogP contribution is -2.28. The topological polar surface area (TPSA) is 104 Å². The number of halogens is 2. The summed E-state index contributed by atoms with van der Waals surface area (Å²) in [6, 6.07) is 6.06. The monoisotopic (exact) mass is 519 g/mol. The molecule has 0 radical (unpaired) electrons. The summed E-state index contributed by atoms with van der Waals surface area (Å²) >= 11 is 6.33. The molecule has 0 amide bonds. The Morgan fingerprint density at radius 2 is 2.08 bits per heavy atom. The Kier molecular flexibility index (Phi) is 5.85. The third-order valence-corrected chi connectivity index (χ3v) is 7.18. The van der Waals surface area contributed by atoms with E-state index in [9.17, 15) is 4.79 Å². The van der Waals surface area contributed by atoms with Crippen molar-refractivity contribution in [1.82, 2.24) is 34.5 Å². The van der Waals surface area contributed by atoms with Gasteiger partial charge in [0.25, 0.3) is 5.56 Å². The second-order valence-corrected chi connectivity index (χ2v) is 9.49. The fourth-order valence-electron chi connectivity index (χ4n) is 5.37. The third-order valence-electron chi connectivity index (χ3n) is 6.98. The first-order valence-electron chi connectivity index (χ1n) is 11.9. The van der Waals surface area contributed by atoms with E-state index in [1.165, 1.54) is 6.07 Å². The van der Waals surface area contributed by atoms with Crippen LogP contribution in [0, 0.1) is 11.7 Å². The van der Waals surface area contributed by atoms with Gasteiger partial charge in [-0.15, -0.1) is 5.10 Å². The molecule has 1 fully saturated rings. The highest BCUT2D eigenvalue weighted by Gasteiger charge is 2.33. The standard InChI is InChI=1S/C26H23ClFN7O2/c1-3-17-24(34(2)33-32-17)15-11-19-23(30-13-15)21-18(12-20(27)31-26(21)36)35(19)25(14-6-9-37-10-7-14)22-16(28)5-4-8-29-22/h3-5,8,11-14,25H,1,6-7,9-10H2,2H3,(H,31,36). The smallest absolute Gasteiger partial charge is 0.260 e. The summed E-state index contributed by atoms with van der Waals surface area (Å²) in [6.07, 6.45) is 6.30. The van der Waals surface area contributed by atoms with E-state index in [1.54, 1.807) is 42.3 Å². The fourth-order valence-corrected chi connectivity index (χ4v) is 5.56. The van der Waals surface area contributed by atoms with Crippen LogP contribution in [0.15, 0.2) is 48.0 Å². The van der Waals surface area contributed by atoms with Crippen molar-refractivity contribution < 1.29 is 9.13 Å². The number of ether oxygens (including phenoxy) is 1. The van der Waals surface area contributed by atoms with Crippen LogP contribution in [0.5, 0.6) is 0 Å². The van der Waals surface area contributed by atoms with Crippen LogP contribution in [0.3, 0.4) is 0 Å². The minimum absolute atomic E-state index is 0.000718. The molecule has 9 nitrogen and oxygen atoms in total. The molecule has 1 atom stereocenters. The maximum absolute atomic E-state index is 15.4. The molecule has 1 N–H and O–H groups in total. The van der Waals surface area contributed by atoms with Crippen molar-refractivity contribution in [2.24, 2.45) is 13.0 Å². The van der Waals surface area contributed by atoms with Gasteiger partial charge in [-0.25, -0.2) is 9.07 Å². The van der Waals surface area contributed by atoms with Crippen LogP contribution in [-0.2, 0) is 11.8 Å². The van der Waals surface area contributed by atoms with Crippen molar-refractivity contribution in [3.8, 4) is 11.3 Å². The van der Waals surface area contributed by atoms with Gasteiger partial charge >= 0.3 is 0 Å². The Balaban J connectivity index is 1.73. The largest absolute Gasteiger partial charge is 0.381 e. The number of pyridine rings is 3. The summed E-state index contributed by atoms with van der Waals surface area (Å²) < 4.78 is 24.6. The number of hydrogen-bond acceptors (Lipinski definition) is 6. The van der Waals surface area contributed by atoms with Crippen LogP contribution >= 0.6 is 11.6 Å². The lowest BCUT2D eigenvalue weighted by molar-refractivity contribution is 0.0543. The lowest BCUT2D eigenvalue weighted by Gasteiger charge is -2.32. The third kappa shape index (κ3) is 3.84. The maximum Gasteiger partial charge on any atom is 0.260 e. The zero-order chi connectivity index (χ0) is 25.7. The molecule has 188 valence electrons. The van der Waals surface area contributed by atoms with Crippen LogP contribution in [0.1, 0.15) is 30.3 Å². The second-order valence-electron chi connectivity index (χ2n) is 9.08. The molecule has 0 saturated carbocycles. The quantitative estimate of drug-likeness (QED) is 0.342. The number of rotatable bonds is 5. The van der Waals surface area contributed by atoms with Gasteiger partial charge in [0, 0.05) is 38.2 Å². The predicted molar refractivity (Wildman–Crippen MR) is 139 cm³/mol. The van der Waals surface area contributed by atoms with E-state index in [4.69, 9.17) is 21.3 Å². The number of aryl methyl sites for hydroxylation is 1. The SMILES string of the molecule is C=Cc1nnn(C)c1-c1cnc2c3c(=O)[nH]c(Cl)cc3n(C(c3ncccc3F)C3CCOCC3)c2c1. The molecule has 37 heavy (non-hydrogen) atoms. The van der Waals surface area contributed by atoms with Crippen molar-refractivity contribution in [2.75, 3.05) is 13.2 Å². The normalized spacial score (nSPS) is 15.4. The Bertz CT molecular complexity index is 1720. The van der Waals surface area contributed by atoms with E-state index >= 15 is 4.39 Å². The van der Waals surface area contributed by atoms with Crippen LogP contribution in [0.2, 0.25) is 5.15 Å². The van der Waals surface area contributed by atoms with Crippen molar-refractivity contribution in [2.45, 2.75) is 18.9 Å². The van der Waals surface area contributed by atoms with Crippen LogP contribution in [-0.4, -0.2) is 47.7 Å². The highest BCUT2D eigenvalue weighted by molar-refractivity contribution is 6.30. The predicted octanol–water partition coefficient (Wildman–Crippen LogP) is 4.52. The van der Waals surface area contributed by atoms with E-state index < -0.39 is 11.9 Å². The Labute approximate surface area is 215 Å². The first-order valence-corrected chi connectivity index (χ1v) is 12.3. The second kappa shape index (κ2) is 9.20. The van der Waals surface area contributed by atoms with E-state index in [1.807, 2.05) is 10.6 Å². The fraction of sp³-hybridized carbons (Fsp3) is 0.269. The summed E-state index contributed by atoms with van der Waals surface area (Å²) in [7, 11) is 1.79. The van der Waals surface area contributed by atoms with E-state index in [0.717, 1.165) is 11.3 Å². The summed E-state index contributed by atoms with van der Waals surface area (Å²) in [6.45, 7) is 4.95. The Hall–Kier alpha value is -3.89. The molecule has 0 aromatic carbocycles. The number of hydrogen-bond donors (Lipinski definition) is 1. The number of fused-ring (bicyclic) bond motifs is 3. The van der Waals surface area contributed by atoms with Crippen LogP contribution < -0.4 is 5.56 Å². The number of aromatic amines is 1. The summed E-state index contributed by atoms with van der Waals surface area (Å²) in [5, 5.41) is 8.84. The molecular formula is C26H23ClFN7O2. The summed E-state index contributed by atoms with van der Waals surface area (Å²) in [5.74, 6) is -0.417. The van der Waals surface area contributed by atoms with Gasteiger partial charge in [0.1, 0.15) is 22.2 Å². The van der Waals surface area contributed by atoms with Crippen molar-refractivity contribution >= 4 is 39.6 Å². The van der Waals surface area contributed by atoms with Gasteiger partial charge in [0.05, 0.1) is 33.8 Å². The number of H-pyrrole nitrogens is 1. The van der Waals surface area contributed by atoms with Crippen molar-refractivity contribution in [3.05, 3.63) is 76.0 Å². The van der Waals surface area contributed by atoms with Gasteiger partial charge in [-0.1, -0.05) is 23.4 Å². The molecule has 11 heteroatoms. The molecule has 1 unspecified atom stereocenters. The molecule has 6 rings (SSSR count). The average Bonchev–Trinajstić information content (AvgIpc) is 3.43. The number of nitrogens with one attached hydrogen (secondary N) is 1. The first-order chi connectivity index (χ1) is 18.0. The number of nitrogens with zero attached hydrogens (tertiary/aromatic N) is 6. The van der Waals surface area contributed by atoms with Crippen LogP contribution in [0.25, 0.3) is 39.3 Å². The molecule has 0 aliphatic carbocycles. The van der Waals surface area contributed by atoms with Gasteiger partial charge in [0.2, 0.25) is 0 Å². The zero-order valence-electron chi connectivity index (χ0n) is 20.0. The van der Waals surface area contributed by atoms with Gasteiger partial charge in [0.15, 0.2) is 0 Å². The summed E-state index contributed by atoms with van der Waals surface area (Å²) in [5.41, 5.74) is 3.68. The molecule has 5 aromatic heterocycles. The van der Waals surface area contributed by atoms with Crippen molar-refractivity contribution in [3.63, 3.8) is 0 Å². The lowest BCUT2D eigenvalue weighted by atomic mass is 9.88. The molecular weight excluding hydrogens is 497 g/mol. The molecule has 5 aromatic rings. The highest BCUT2D eigenvalue weighted by atomic mass is 35.5. The Morgan fingerprint density at radius 1 is 1.27 bits per heavy atom. The summed E-state index contributed by atoms with van der Waals surface area (Å²) in [4.78, 5) is 25.0. The van der Waals surface area contributed by atoms with E-state index in [0.29, 0.717) is 59.4 Å². The van der Waals surface area contributed by atoms with Gasteiger partial charge in [-0.2, -0.15) is 0 Å². The number of aromatic nitrogens is 7. The first kappa shape index (κ1) is 23.5. The highest BCUT2D eigenvalue weighted by Crippen LogP contribution is 2.40. The maximum atomic E-state index is 15.4. The average molecular weight is 520 g/mol. The minimum Gasteiger partial charge on any atom is -0.381 e. The van der Waals surface area contributed by atoms with Gasteiger partial charge in [-0.3, -0.25) is 14.8 Å². The minimum atomic E-state index is -0.524. The molecule has 1 aliphatic heterocycles. The van der Waals surface area contributed by atoms with Crippen molar-refractivity contribution in [1.29, 1.82) is 0 Å².